The molecular weight excluding hydrogens is 278 g/mol. The van der Waals surface area contributed by atoms with Gasteiger partial charge in [-0.05, 0) is 34.8 Å². The lowest BCUT2D eigenvalue weighted by molar-refractivity contribution is 0.425. The third-order valence-electron chi connectivity index (χ3n) is 3.59. The number of nitrogens with two attached hydrogens (primary N) is 1. The Hall–Kier alpha value is -0.610. The van der Waals surface area contributed by atoms with Gasteiger partial charge in [-0.15, -0.1) is 0 Å². The van der Waals surface area contributed by atoms with Crippen LogP contribution in [0.25, 0.3) is 0 Å². The van der Waals surface area contributed by atoms with Gasteiger partial charge >= 0.3 is 0 Å². The van der Waals surface area contributed by atoms with Crippen molar-refractivity contribution >= 4 is 21.7 Å². The second kappa shape index (κ2) is 5.83. The Morgan fingerprint density at radius 1 is 1.41 bits per heavy atom. The summed E-state index contributed by atoms with van der Waals surface area (Å²) in [6, 6.07) is 2.70. The highest BCUT2D eigenvalue weighted by atomic mass is 79.9. The average Bonchev–Trinajstić information content (AvgIpc) is 2.39. The fourth-order valence-corrected chi connectivity index (χ4v) is 2.96. The van der Waals surface area contributed by atoms with E-state index >= 15 is 0 Å². The van der Waals surface area contributed by atoms with Crippen LogP contribution in [0.3, 0.4) is 0 Å². The van der Waals surface area contributed by atoms with Gasteiger partial charge in [0.2, 0.25) is 0 Å². The van der Waals surface area contributed by atoms with E-state index in [0.29, 0.717) is 12.6 Å². The number of nitrogens with zero attached hydrogens (tertiary/aromatic N) is 2. The number of hydrogen-bond acceptors (Lipinski definition) is 3. The van der Waals surface area contributed by atoms with E-state index in [0.717, 1.165) is 15.9 Å². The second-order valence-electron chi connectivity index (χ2n) is 4.74. The highest BCUT2D eigenvalue weighted by Gasteiger charge is 2.20. The molecule has 1 saturated carbocycles. The number of anilines is 1. The van der Waals surface area contributed by atoms with E-state index in [-0.39, 0.29) is 0 Å². The smallest absolute Gasteiger partial charge is 0.133 e. The molecule has 2 N–H and O–H groups in total. The zero-order valence-electron chi connectivity index (χ0n) is 10.3. The van der Waals surface area contributed by atoms with Gasteiger partial charge in [0.1, 0.15) is 5.82 Å². The molecule has 3 nitrogen and oxygen atoms in total. The SMILES string of the molecule is CN(c1ncc(Br)cc1CN)C1CCCCC1. The fourth-order valence-electron chi connectivity index (χ4n) is 2.58. The lowest BCUT2D eigenvalue weighted by atomic mass is 9.94. The highest BCUT2D eigenvalue weighted by molar-refractivity contribution is 9.10. The minimum atomic E-state index is 0.541. The van der Waals surface area contributed by atoms with Gasteiger partial charge in [-0.1, -0.05) is 19.3 Å². The summed E-state index contributed by atoms with van der Waals surface area (Å²) >= 11 is 3.45. The molecule has 0 spiro atoms. The number of hydrogen-bond donors (Lipinski definition) is 1. The van der Waals surface area contributed by atoms with Crippen LogP contribution in [-0.4, -0.2) is 18.1 Å². The summed E-state index contributed by atoms with van der Waals surface area (Å²) < 4.78 is 0.999. The predicted octanol–water partition coefficient (Wildman–Crippen LogP) is 3.07. The summed E-state index contributed by atoms with van der Waals surface area (Å²) in [5.74, 6) is 1.04. The predicted molar refractivity (Wildman–Crippen MR) is 75.1 cm³/mol. The Bertz CT molecular complexity index is 375. The van der Waals surface area contributed by atoms with Crippen molar-refractivity contribution in [1.82, 2.24) is 4.98 Å². The average molecular weight is 298 g/mol. The molecule has 1 fully saturated rings. The van der Waals surface area contributed by atoms with Crippen LogP contribution in [0, 0.1) is 0 Å². The molecule has 17 heavy (non-hydrogen) atoms. The van der Waals surface area contributed by atoms with E-state index in [1.165, 1.54) is 32.1 Å². The van der Waals surface area contributed by atoms with E-state index < -0.39 is 0 Å². The molecule has 0 aromatic carbocycles. The van der Waals surface area contributed by atoms with Crippen LogP contribution in [0.2, 0.25) is 0 Å². The molecule has 0 amide bonds. The Balaban J connectivity index is 2.19. The first-order valence-electron chi connectivity index (χ1n) is 6.29. The van der Waals surface area contributed by atoms with Gasteiger partial charge in [-0.3, -0.25) is 0 Å². The monoisotopic (exact) mass is 297 g/mol. The van der Waals surface area contributed by atoms with E-state index in [1.54, 1.807) is 0 Å². The summed E-state index contributed by atoms with van der Waals surface area (Å²) in [6.45, 7) is 0.541. The molecule has 1 aromatic rings. The highest BCUT2D eigenvalue weighted by Crippen LogP contribution is 2.28. The molecule has 0 unspecified atom stereocenters. The molecule has 4 heteroatoms. The van der Waals surface area contributed by atoms with Gasteiger partial charge in [0, 0.05) is 35.9 Å². The number of pyridine rings is 1. The third-order valence-corrected chi connectivity index (χ3v) is 4.02. The molecule has 94 valence electrons. The number of rotatable bonds is 3. The molecule has 1 aliphatic rings. The number of halogens is 1. The first-order chi connectivity index (χ1) is 8.22. The molecule has 1 aromatic heterocycles. The van der Waals surface area contributed by atoms with Crippen LogP contribution < -0.4 is 10.6 Å². The molecule has 0 radical (unpaired) electrons. The van der Waals surface area contributed by atoms with Crippen LogP contribution in [0.1, 0.15) is 37.7 Å². The van der Waals surface area contributed by atoms with Gasteiger partial charge in [-0.25, -0.2) is 4.98 Å². The molecule has 0 aliphatic heterocycles. The topological polar surface area (TPSA) is 42.2 Å². The maximum atomic E-state index is 5.80. The largest absolute Gasteiger partial charge is 0.356 e. The van der Waals surface area contributed by atoms with Gasteiger partial charge in [-0.2, -0.15) is 0 Å². The van der Waals surface area contributed by atoms with Crippen LogP contribution in [0.4, 0.5) is 5.82 Å². The molecular formula is C13H20BrN3. The van der Waals surface area contributed by atoms with E-state index in [4.69, 9.17) is 5.73 Å². The molecule has 1 heterocycles. The van der Waals surface area contributed by atoms with Crippen molar-refractivity contribution < 1.29 is 0 Å². The van der Waals surface area contributed by atoms with Crippen molar-refractivity contribution in [2.75, 3.05) is 11.9 Å². The van der Waals surface area contributed by atoms with E-state index in [2.05, 4.69) is 38.9 Å². The van der Waals surface area contributed by atoms with Crippen molar-refractivity contribution in [1.29, 1.82) is 0 Å². The molecule has 0 saturated heterocycles. The van der Waals surface area contributed by atoms with Crippen LogP contribution in [0.15, 0.2) is 16.7 Å². The lowest BCUT2D eigenvalue weighted by Gasteiger charge is -2.33. The molecule has 0 atom stereocenters. The van der Waals surface area contributed by atoms with Crippen LogP contribution >= 0.6 is 15.9 Å². The van der Waals surface area contributed by atoms with E-state index in [9.17, 15) is 0 Å². The molecule has 1 aliphatic carbocycles. The van der Waals surface area contributed by atoms with Crippen molar-refractivity contribution in [2.45, 2.75) is 44.7 Å². The van der Waals surface area contributed by atoms with Gasteiger partial charge < -0.3 is 10.6 Å². The zero-order chi connectivity index (χ0) is 12.3. The minimum Gasteiger partial charge on any atom is -0.356 e. The van der Waals surface area contributed by atoms with Crippen molar-refractivity contribution in [3.8, 4) is 0 Å². The third kappa shape index (κ3) is 2.99. The van der Waals surface area contributed by atoms with E-state index in [1.807, 2.05) is 6.20 Å². The second-order valence-corrected chi connectivity index (χ2v) is 5.66. The van der Waals surface area contributed by atoms with Crippen LogP contribution in [0.5, 0.6) is 0 Å². The summed E-state index contributed by atoms with van der Waals surface area (Å²) in [7, 11) is 2.14. The fraction of sp³-hybridized carbons (Fsp3) is 0.615. The minimum absolute atomic E-state index is 0.541. The zero-order valence-corrected chi connectivity index (χ0v) is 11.9. The first kappa shape index (κ1) is 12.8. The Labute approximate surface area is 112 Å². The van der Waals surface area contributed by atoms with Crippen molar-refractivity contribution in [3.63, 3.8) is 0 Å². The summed E-state index contributed by atoms with van der Waals surface area (Å²) in [4.78, 5) is 6.84. The molecule has 2 rings (SSSR count). The Morgan fingerprint density at radius 3 is 2.76 bits per heavy atom. The normalized spacial score (nSPS) is 17.1. The van der Waals surface area contributed by atoms with Gasteiger partial charge in [0.15, 0.2) is 0 Å². The van der Waals surface area contributed by atoms with Gasteiger partial charge in [0.05, 0.1) is 0 Å². The standard InChI is InChI=1S/C13H20BrN3/c1-17(12-5-3-2-4-6-12)13-10(8-15)7-11(14)9-16-13/h7,9,12H,2-6,8,15H2,1H3. The van der Waals surface area contributed by atoms with Crippen molar-refractivity contribution in [3.05, 3.63) is 22.3 Å². The summed E-state index contributed by atoms with van der Waals surface area (Å²) in [5, 5.41) is 0. The summed E-state index contributed by atoms with van der Waals surface area (Å²) in [6.07, 6.45) is 8.46. The first-order valence-corrected chi connectivity index (χ1v) is 7.09. The van der Waals surface area contributed by atoms with Crippen molar-refractivity contribution in [2.24, 2.45) is 5.73 Å². The molecule has 0 bridgehead atoms. The Morgan fingerprint density at radius 2 is 2.12 bits per heavy atom. The summed E-state index contributed by atoms with van der Waals surface area (Å²) in [5.41, 5.74) is 6.92. The lowest BCUT2D eigenvalue weighted by Crippen LogP contribution is -2.34. The Kier molecular flexibility index (Phi) is 4.40. The number of aromatic nitrogens is 1. The van der Waals surface area contributed by atoms with Crippen LogP contribution in [-0.2, 0) is 6.54 Å². The maximum Gasteiger partial charge on any atom is 0.133 e. The van der Waals surface area contributed by atoms with Gasteiger partial charge in [0.25, 0.3) is 0 Å². The maximum absolute atomic E-state index is 5.80. The quantitative estimate of drug-likeness (QED) is 0.932.